The second-order valence-electron chi connectivity index (χ2n) is 23.5. The molecular weight excluding hydrogens is 990 g/mol. The molecule has 0 N–H and O–H groups in total. The van der Waals surface area contributed by atoms with E-state index in [1.165, 1.54) is 231 Å². The minimum Gasteiger partial charge on any atom is -0.756 e. The van der Waals surface area contributed by atoms with Crippen molar-refractivity contribution in [3.05, 3.63) is 60.8 Å². The standard InChI is InChI=1S/C68H126NO8P/c1-6-8-10-12-14-16-18-20-21-22-23-24-25-26-27-28-29-30-31-32-33-34-35-36-37-38-39-40-41-42-43-44-45-46-47-49-50-52-54-56-58-60-67(70)74-64-66(65-76-78(72,73)75-63-62-69(3,4)5)77-68(71)61-59-57-55-53-51-48-19-17-15-13-11-9-7-2/h9,11,15,17,22-23,48,51,55,57,66H,6-8,10,12-14,16,18-21,24-47,49-50,52-54,56,58-65H2,1-5H3/b11-9-,17-15-,23-22-,51-48-,57-55-. The van der Waals surface area contributed by atoms with Gasteiger partial charge in [-0.25, -0.2) is 0 Å². The average molecular weight is 1120 g/mol. The molecule has 0 fully saturated rings. The molecule has 0 saturated carbocycles. The summed E-state index contributed by atoms with van der Waals surface area (Å²) in [7, 11) is 1.13. The Morgan fingerprint density at radius 1 is 0.410 bits per heavy atom. The van der Waals surface area contributed by atoms with E-state index in [0.29, 0.717) is 17.4 Å². The number of quaternary nitrogens is 1. The Kier molecular flexibility index (Phi) is 57.6. The minimum absolute atomic E-state index is 0.0438. The molecular formula is C68H126NO8P. The molecule has 2 unspecified atom stereocenters. The third-order valence-electron chi connectivity index (χ3n) is 14.5. The molecule has 0 aromatic heterocycles. The summed E-state index contributed by atoms with van der Waals surface area (Å²) in [5.41, 5.74) is 0. The summed E-state index contributed by atoms with van der Waals surface area (Å²) < 4.78 is 34.0. The van der Waals surface area contributed by atoms with E-state index in [1.54, 1.807) is 0 Å². The Labute approximate surface area is 483 Å². The van der Waals surface area contributed by atoms with Gasteiger partial charge in [-0.2, -0.15) is 0 Å². The summed E-state index contributed by atoms with van der Waals surface area (Å²) in [6.07, 6.45) is 78.0. The summed E-state index contributed by atoms with van der Waals surface area (Å²) in [6, 6.07) is 0. The zero-order chi connectivity index (χ0) is 57.0. The lowest BCUT2D eigenvalue weighted by Gasteiger charge is -2.28. The van der Waals surface area contributed by atoms with E-state index in [4.69, 9.17) is 18.5 Å². The lowest BCUT2D eigenvalue weighted by Crippen LogP contribution is -2.37. The van der Waals surface area contributed by atoms with E-state index in [0.717, 1.165) is 44.9 Å². The Bertz CT molecular complexity index is 1500. The number of phosphoric ester groups is 1. The summed E-state index contributed by atoms with van der Waals surface area (Å²) in [5, 5.41) is 0. The van der Waals surface area contributed by atoms with Crippen molar-refractivity contribution in [2.45, 2.75) is 315 Å². The van der Waals surface area contributed by atoms with Crippen LogP contribution in [0.3, 0.4) is 0 Å². The highest BCUT2D eigenvalue weighted by Crippen LogP contribution is 2.38. The van der Waals surface area contributed by atoms with Crippen molar-refractivity contribution in [1.29, 1.82) is 0 Å². The maximum absolute atomic E-state index is 12.7. The van der Waals surface area contributed by atoms with Crippen LogP contribution in [0.15, 0.2) is 60.8 Å². The smallest absolute Gasteiger partial charge is 0.306 e. The maximum Gasteiger partial charge on any atom is 0.306 e. The number of nitrogens with zero attached hydrogens (tertiary/aromatic N) is 1. The SMILES string of the molecule is CC/C=C\C/C=C\C/C=C\C/C=C\CCC(=O)OC(COC(=O)CCCCCCCCCCCCCCCCCCCCCCCCCCCCCCC/C=C\CCCCCCCCCC)COP(=O)([O-])OCC[N+](C)(C)C. The van der Waals surface area contributed by atoms with Crippen LogP contribution in [0.1, 0.15) is 309 Å². The van der Waals surface area contributed by atoms with Crippen molar-refractivity contribution in [2.75, 3.05) is 47.5 Å². The average Bonchev–Trinajstić information content (AvgIpc) is 3.40. The molecule has 0 aliphatic rings. The Morgan fingerprint density at radius 3 is 1.14 bits per heavy atom. The molecule has 0 amide bonds. The molecule has 0 radical (unpaired) electrons. The molecule has 0 aromatic carbocycles. The first-order valence-corrected chi connectivity index (χ1v) is 34.5. The predicted octanol–water partition coefficient (Wildman–Crippen LogP) is 20.4. The number of likely N-dealkylation sites (N-methyl/N-ethyl adjacent to an activating group) is 1. The minimum atomic E-state index is -4.65. The van der Waals surface area contributed by atoms with Gasteiger partial charge in [-0.1, -0.05) is 293 Å². The van der Waals surface area contributed by atoms with E-state index in [-0.39, 0.29) is 26.1 Å². The number of hydrogen-bond acceptors (Lipinski definition) is 8. The first-order chi connectivity index (χ1) is 38.0. The second-order valence-corrected chi connectivity index (χ2v) is 24.9. The second kappa shape index (κ2) is 59.3. The van der Waals surface area contributed by atoms with Crippen LogP contribution in [0, 0.1) is 0 Å². The van der Waals surface area contributed by atoms with Gasteiger partial charge in [0, 0.05) is 12.8 Å². The van der Waals surface area contributed by atoms with Gasteiger partial charge in [0.25, 0.3) is 7.82 Å². The van der Waals surface area contributed by atoms with Gasteiger partial charge in [0.15, 0.2) is 6.10 Å². The van der Waals surface area contributed by atoms with E-state index in [1.807, 2.05) is 33.3 Å². The number of unbranched alkanes of at least 4 members (excludes halogenated alkanes) is 37. The molecule has 0 aliphatic heterocycles. The summed E-state index contributed by atoms with van der Waals surface area (Å²) in [4.78, 5) is 37.7. The van der Waals surface area contributed by atoms with Crippen molar-refractivity contribution >= 4 is 19.8 Å². The number of ether oxygens (including phenoxy) is 2. The van der Waals surface area contributed by atoms with E-state index < -0.39 is 32.5 Å². The molecule has 0 saturated heterocycles. The summed E-state index contributed by atoms with van der Waals surface area (Å²) in [5.74, 6) is -0.920. The molecule has 0 aromatic rings. The molecule has 9 nitrogen and oxygen atoms in total. The Balaban J connectivity index is 3.83. The number of esters is 2. The van der Waals surface area contributed by atoms with Crippen LogP contribution in [0.2, 0.25) is 0 Å². The van der Waals surface area contributed by atoms with Crippen LogP contribution in [0.25, 0.3) is 0 Å². The van der Waals surface area contributed by atoms with E-state index in [9.17, 15) is 19.0 Å². The normalized spacial score (nSPS) is 13.6. The summed E-state index contributed by atoms with van der Waals surface area (Å²) in [6.45, 7) is 4.06. The first-order valence-electron chi connectivity index (χ1n) is 33.0. The fourth-order valence-electron chi connectivity index (χ4n) is 9.49. The highest BCUT2D eigenvalue weighted by atomic mass is 31.2. The monoisotopic (exact) mass is 1120 g/mol. The first kappa shape index (κ1) is 75.7. The van der Waals surface area contributed by atoms with Crippen molar-refractivity contribution in [1.82, 2.24) is 0 Å². The fourth-order valence-corrected chi connectivity index (χ4v) is 10.2. The summed E-state index contributed by atoms with van der Waals surface area (Å²) >= 11 is 0. The van der Waals surface area contributed by atoms with Crippen LogP contribution < -0.4 is 4.89 Å². The van der Waals surface area contributed by atoms with Crippen LogP contribution in [-0.2, 0) is 32.7 Å². The van der Waals surface area contributed by atoms with Crippen LogP contribution in [-0.4, -0.2) is 70.0 Å². The molecule has 0 rings (SSSR count). The number of hydrogen-bond donors (Lipinski definition) is 0. The van der Waals surface area contributed by atoms with Gasteiger partial charge in [0.1, 0.15) is 19.8 Å². The van der Waals surface area contributed by atoms with Crippen molar-refractivity contribution in [3.8, 4) is 0 Å². The van der Waals surface area contributed by atoms with Crippen LogP contribution in [0.5, 0.6) is 0 Å². The highest BCUT2D eigenvalue weighted by Gasteiger charge is 2.21. The molecule has 0 spiro atoms. The molecule has 0 bridgehead atoms. The number of phosphoric acid groups is 1. The Hall–Kier alpha value is -2.29. The van der Waals surface area contributed by atoms with E-state index in [2.05, 4.69) is 62.5 Å². The molecule has 456 valence electrons. The predicted molar refractivity (Wildman–Crippen MR) is 333 cm³/mol. The van der Waals surface area contributed by atoms with Crippen molar-refractivity contribution in [2.24, 2.45) is 0 Å². The van der Waals surface area contributed by atoms with Gasteiger partial charge in [-0.05, 0) is 64.2 Å². The molecule has 10 heteroatoms. The topological polar surface area (TPSA) is 111 Å². The van der Waals surface area contributed by atoms with Gasteiger partial charge in [-0.15, -0.1) is 0 Å². The zero-order valence-corrected chi connectivity index (χ0v) is 52.8. The van der Waals surface area contributed by atoms with Crippen molar-refractivity contribution in [3.63, 3.8) is 0 Å². The quantitative estimate of drug-likeness (QED) is 0.0195. The third kappa shape index (κ3) is 62.9. The zero-order valence-electron chi connectivity index (χ0n) is 51.9. The lowest BCUT2D eigenvalue weighted by molar-refractivity contribution is -0.870. The third-order valence-corrected chi connectivity index (χ3v) is 15.5. The number of allylic oxidation sites excluding steroid dienone is 10. The maximum atomic E-state index is 12.7. The van der Waals surface area contributed by atoms with Gasteiger partial charge in [-0.3, -0.25) is 14.2 Å². The Morgan fingerprint density at radius 2 is 0.756 bits per heavy atom. The molecule has 0 aliphatic carbocycles. The van der Waals surface area contributed by atoms with Crippen LogP contribution >= 0.6 is 7.82 Å². The van der Waals surface area contributed by atoms with Gasteiger partial charge >= 0.3 is 11.9 Å². The fraction of sp³-hybridized carbons (Fsp3) is 0.824. The van der Waals surface area contributed by atoms with Crippen molar-refractivity contribution < 1.29 is 42.1 Å². The van der Waals surface area contributed by atoms with Gasteiger partial charge < -0.3 is 27.9 Å². The molecule has 2 atom stereocenters. The lowest BCUT2D eigenvalue weighted by atomic mass is 10.0. The highest BCUT2D eigenvalue weighted by molar-refractivity contribution is 7.45. The largest absolute Gasteiger partial charge is 0.756 e. The van der Waals surface area contributed by atoms with E-state index >= 15 is 0 Å². The molecule has 78 heavy (non-hydrogen) atoms. The number of carbonyl (C=O) groups is 2. The van der Waals surface area contributed by atoms with Crippen LogP contribution in [0.4, 0.5) is 0 Å². The van der Waals surface area contributed by atoms with Gasteiger partial charge in [0.05, 0.1) is 27.7 Å². The van der Waals surface area contributed by atoms with Gasteiger partial charge in [0.2, 0.25) is 0 Å². The number of rotatable bonds is 61. The molecule has 0 heterocycles. The number of carbonyl (C=O) groups excluding carboxylic acids is 2.